The minimum atomic E-state index is -0.207. The van der Waals surface area contributed by atoms with Crippen molar-refractivity contribution in [1.29, 1.82) is 0 Å². The number of rotatable bonds is 7. The first-order chi connectivity index (χ1) is 12.2. The van der Waals surface area contributed by atoms with Crippen molar-refractivity contribution < 1.29 is 9.53 Å². The maximum atomic E-state index is 12.4. The van der Waals surface area contributed by atoms with Gasteiger partial charge in [-0.15, -0.1) is 5.10 Å². The number of ether oxygens (including phenoxy) is 1. The molecule has 0 unspecified atom stereocenters. The van der Waals surface area contributed by atoms with Crippen LogP contribution in [0.15, 0.2) is 30.6 Å². The molecular formula is C17H24N6O2. The van der Waals surface area contributed by atoms with E-state index in [9.17, 15) is 4.79 Å². The Bertz CT molecular complexity index is 676. The predicted molar refractivity (Wildman–Crippen MR) is 92.1 cm³/mol. The summed E-state index contributed by atoms with van der Waals surface area (Å²) in [4.78, 5) is 16.6. The Morgan fingerprint density at radius 3 is 2.96 bits per heavy atom. The molecule has 0 radical (unpaired) electrons. The molecule has 0 bridgehead atoms. The zero-order chi connectivity index (χ0) is 17.5. The van der Waals surface area contributed by atoms with Crippen molar-refractivity contribution in [3.63, 3.8) is 0 Å². The Morgan fingerprint density at radius 1 is 1.40 bits per heavy atom. The van der Waals surface area contributed by atoms with Crippen LogP contribution in [0, 0.1) is 5.41 Å². The summed E-state index contributed by atoms with van der Waals surface area (Å²) in [5, 5.41) is 14.3. The van der Waals surface area contributed by atoms with E-state index in [1.54, 1.807) is 24.2 Å². The minimum Gasteiger partial charge on any atom is -0.384 e. The summed E-state index contributed by atoms with van der Waals surface area (Å²) in [6.45, 7) is 3.59. The molecule has 3 rings (SSSR count). The van der Waals surface area contributed by atoms with E-state index >= 15 is 0 Å². The van der Waals surface area contributed by atoms with E-state index in [2.05, 4.69) is 25.9 Å². The molecule has 25 heavy (non-hydrogen) atoms. The van der Waals surface area contributed by atoms with E-state index < -0.39 is 0 Å². The third-order valence-corrected chi connectivity index (χ3v) is 4.56. The monoisotopic (exact) mass is 344 g/mol. The Kier molecular flexibility index (Phi) is 5.72. The molecule has 8 heteroatoms. The van der Waals surface area contributed by atoms with Crippen LogP contribution in [0.2, 0.25) is 0 Å². The average Bonchev–Trinajstić information content (AvgIpc) is 3.10. The summed E-state index contributed by atoms with van der Waals surface area (Å²) in [6.07, 6.45) is 5.34. The second kappa shape index (κ2) is 8.17. The van der Waals surface area contributed by atoms with Gasteiger partial charge in [-0.3, -0.25) is 9.78 Å². The summed E-state index contributed by atoms with van der Waals surface area (Å²) in [5.74, 6) is -0.207. The number of amides is 1. The van der Waals surface area contributed by atoms with Crippen molar-refractivity contribution in [3.8, 4) is 0 Å². The predicted octanol–water partition coefficient (Wildman–Crippen LogP) is 0.467. The number of aromatic nitrogens is 4. The van der Waals surface area contributed by atoms with Gasteiger partial charge in [-0.1, -0.05) is 11.3 Å². The Labute approximate surface area is 147 Å². The number of hydrogen-bond donors (Lipinski definition) is 2. The van der Waals surface area contributed by atoms with Crippen LogP contribution in [0.4, 0.5) is 0 Å². The lowest BCUT2D eigenvalue weighted by molar-refractivity contribution is 0.0510. The SMILES string of the molecule is COCC1(CNC(=O)c2cn(Cc3ccccn3)nn2)CCNCC1. The van der Waals surface area contributed by atoms with Crippen LogP contribution in [-0.2, 0) is 11.3 Å². The molecule has 8 nitrogen and oxygen atoms in total. The molecule has 1 amide bonds. The van der Waals surface area contributed by atoms with Crippen LogP contribution in [0.5, 0.6) is 0 Å². The number of carbonyl (C=O) groups excluding carboxylic acids is 1. The molecule has 134 valence electrons. The van der Waals surface area contributed by atoms with E-state index in [0.29, 0.717) is 25.4 Å². The molecular weight excluding hydrogens is 320 g/mol. The number of carbonyl (C=O) groups is 1. The van der Waals surface area contributed by atoms with Crippen LogP contribution in [0.25, 0.3) is 0 Å². The fourth-order valence-corrected chi connectivity index (χ4v) is 3.13. The first-order valence-corrected chi connectivity index (χ1v) is 8.49. The largest absolute Gasteiger partial charge is 0.384 e. The molecule has 0 spiro atoms. The number of pyridine rings is 1. The fraction of sp³-hybridized carbons (Fsp3) is 0.529. The van der Waals surface area contributed by atoms with Gasteiger partial charge in [0.05, 0.1) is 25.0 Å². The molecule has 1 aliphatic rings. The van der Waals surface area contributed by atoms with Crippen LogP contribution < -0.4 is 10.6 Å². The van der Waals surface area contributed by atoms with E-state index in [0.717, 1.165) is 31.6 Å². The lowest BCUT2D eigenvalue weighted by Gasteiger charge is -2.37. The van der Waals surface area contributed by atoms with Gasteiger partial charge in [-0.05, 0) is 38.1 Å². The van der Waals surface area contributed by atoms with Gasteiger partial charge in [0.2, 0.25) is 0 Å². The quantitative estimate of drug-likeness (QED) is 0.758. The second-order valence-corrected chi connectivity index (χ2v) is 6.49. The van der Waals surface area contributed by atoms with Gasteiger partial charge in [0.15, 0.2) is 5.69 Å². The summed E-state index contributed by atoms with van der Waals surface area (Å²) >= 11 is 0. The molecule has 2 N–H and O–H groups in total. The number of nitrogens with one attached hydrogen (secondary N) is 2. The molecule has 3 heterocycles. The summed E-state index contributed by atoms with van der Waals surface area (Å²) in [7, 11) is 1.70. The lowest BCUT2D eigenvalue weighted by atomic mass is 9.79. The van der Waals surface area contributed by atoms with Crippen molar-refractivity contribution in [2.75, 3.05) is 33.4 Å². The maximum Gasteiger partial charge on any atom is 0.273 e. The zero-order valence-corrected chi connectivity index (χ0v) is 14.4. The first-order valence-electron chi connectivity index (χ1n) is 8.49. The topological polar surface area (TPSA) is 94.0 Å². The van der Waals surface area contributed by atoms with Crippen LogP contribution in [0.3, 0.4) is 0 Å². The molecule has 1 saturated heterocycles. The lowest BCUT2D eigenvalue weighted by Crippen LogP contribution is -2.47. The van der Waals surface area contributed by atoms with E-state index in [4.69, 9.17) is 4.74 Å². The van der Waals surface area contributed by atoms with Crippen molar-refractivity contribution in [2.45, 2.75) is 19.4 Å². The summed E-state index contributed by atoms with van der Waals surface area (Å²) in [5.41, 5.74) is 1.17. The normalized spacial score (nSPS) is 16.5. The Hall–Kier alpha value is -2.32. The highest BCUT2D eigenvalue weighted by atomic mass is 16.5. The van der Waals surface area contributed by atoms with Gasteiger partial charge in [-0.25, -0.2) is 4.68 Å². The number of hydrogen-bond acceptors (Lipinski definition) is 6. The van der Waals surface area contributed by atoms with Gasteiger partial charge < -0.3 is 15.4 Å². The van der Waals surface area contributed by atoms with Crippen LogP contribution >= 0.6 is 0 Å². The fourth-order valence-electron chi connectivity index (χ4n) is 3.13. The molecule has 2 aromatic rings. The Morgan fingerprint density at radius 2 is 2.24 bits per heavy atom. The molecule has 1 fully saturated rings. The number of nitrogens with zero attached hydrogens (tertiary/aromatic N) is 4. The van der Waals surface area contributed by atoms with Gasteiger partial charge >= 0.3 is 0 Å². The number of methoxy groups -OCH3 is 1. The molecule has 0 saturated carbocycles. The van der Waals surface area contributed by atoms with Crippen molar-refractivity contribution in [1.82, 2.24) is 30.6 Å². The molecule has 2 aromatic heterocycles. The molecule has 1 aliphatic heterocycles. The van der Waals surface area contributed by atoms with Crippen LogP contribution in [-0.4, -0.2) is 59.2 Å². The maximum absolute atomic E-state index is 12.4. The summed E-state index contributed by atoms with van der Waals surface area (Å²) in [6, 6.07) is 5.69. The Balaban J connectivity index is 1.58. The highest BCUT2D eigenvalue weighted by Gasteiger charge is 2.32. The third kappa shape index (κ3) is 4.61. The summed E-state index contributed by atoms with van der Waals surface area (Å²) < 4.78 is 6.99. The molecule has 0 aliphatic carbocycles. The highest BCUT2D eigenvalue weighted by Crippen LogP contribution is 2.28. The second-order valence-electron chi connectivity index (χ2n) is 6.49. The van der Waals surface area contributed by atoms with Gasteiger partial charge in [-0.2, -0.15) is 0 Å². The van der Waals surface area contributed by atoms with Crippen molar-refractivity contribution >= 4 is 5.91 Å². The van der Waals surface area contributed by atoms with Gasteiger partial charge in [0.1, 0.15) is 0 Å². The molecule has 0 atom stereocenters. The van der Waals surface area contributed by atoms with E-state index in [1.807, 2.05) is 18.2 Å². The zero-order valence-electron chi connectivity index (χ0n) is 14.4. The standard InChI is InChI=1S/C17H24N6O2/c1-25-13-17(5-8-18-9-6-17)12-20-16(24)15-11-23(22-21-15)10-14-4-2-3-7-19-14/h2-4,7,11,18H,5-6,8-10,12-13H2,1H3,(H,20,24). The average molecular weight is 344 g/mol. The highest BCUT2D eigenvalue weighted by molar-refractivity contribution is 5.91. The van der Waals surface area contributed by atoms with E-state index in [1.165, 1.54) is 0 Å². The minimum absolute atomic E-state index is 0.0143. The first kappa shape index (κ1) is 17.5. The van der Waals surface area contributed by atoms with Gasteiger partial charge in [0, 0.05) is 25.3 Å². The van der Waals surface area contributed by atoms with Crippen LogP contribution in [0.1, 0.15) is 29.0 Å². The van der Waals surface area contributed by atoms with E-state index in [-0.39, 0.29) is 11.3 Å². The molecule has 0 aromatic carbocycles. The number of piperidine rings is 1. The smallest absolute Gasteiger partial charge is 0.273 e. The third-order valence-electron chi connectivity index (χ3n) is 4.56. The van der Waals surface area contributed by atoms with Crippen molar-refractivity contribution in [3.05, 3.63) is 42.0 Å². The van der Waals surface area contributed by atoms with Crippen molar-refractivity contribution in [2.24, 2.45) is 5.41 Å². The van der Waals surface area contributed by atoms with Gasteiger partial charge in [0.25, 0.3) is 5.91 Å².